The van der Waals surface area contributed by atoms with E-state index in [1.165, 1.54) is 12.1 Å². The quantitative estimate of drug-likeness (QED) is 0.393. The van der Waals surface area contributed by atoms with E-state index in [0.29, 0.717) is 11.4 Å². The first-order valence-electron chi connectivity index (χ1n) is 2.64. The number of rotatable bonds is 0. The van der Waals surface area contributed by atoms with Crippen LogP contribution < -0.4 is 11.5 Å². The molecule has 0 heterocycles. The smallest absolute Gasteiger partial charge is 0.119 e. The highest BCUT2D eigenvalue weighted by atomic mass is 35.5. The van der Waals surface area contributed by atoms with Crippen LogP contribution in [0.4, 0.5) is 11.4 Å². The number of phenolic OH excluding ortho intramolecular Hbond substituents is 1. The fourth-order valence-electron chi connectivity index (χ4n) is 0.624. The lowest BCUT2D eigenvalue weighted by Crippen LogP contribution is -1.94. The Labute approximate surface area is 63.2 Å². The Morgan fingerprint density at radius 1 is 1.30 bits per heavy atom. The zero-order valence-electron chi connectivity index (χ0n) is 5.13. The van der Waals surface area contributed by atoms with Crippen molar-refractivity contribution in [3.63, 3.8) is 0 Å². The molecular formula is C6H7ClN2O. The number of hydrogen-bond acceptors (Lipinski definition) is 3. The standard InChI is InChI=1S/C6H7ClN2O/c7-4-1-3(10)2-5(8)6(4)9/h1-2,10H,8-9H2. The summed E-state index contributed by atoms with van der Waals surface area (Å²) >= 11 is 5.55. The van der Waals surface area contributed by atoms with E-state index in [1.807, 2.05) is 0 Å². The molecule has 0 atom stereocenters. The molecule has 1 rings (SSSR count). The van der Waals surface area contributed by atoms with E-state index in [9.17, 15) is 0 Å². The first-order chi connectivity index (χ1) is 4.61. The highest BCUT2D eigenvalue weighted by Gasteiger charge is 2.01. The Bertz CT molecular complexity index is 239. The van der Waals surface area contributed by atoms with Crippen molar-refractivity contribution in [3.8, 4) is 5.75 Å². The number of phenols is 1. The molecule has 1 aromatic carbocycles. The highest BCUT2D eigenvalue weighted by Crippen LogP contribution is 2.29. The van der Waals surface area contributed by atoms with E-state index in [1.54, 1.807) is 0 Å². The van der Waals surface area contributed by atoms with Crippen LogP contribution in [0.25, 0.3) is 0 Å². The van der Waals surface area contributed by atoms with E-state index in [4.69, 9.17) is 28.2 Å². The van der Waals surface area contributed by atoms with Gasteiger partial charge in [-0.05, 0) is 0 Å². The number of halogens is 1. The summed E-state index contributed by atoms with van der Waals surface area (Å²) in [7, 11) is 0. The van der Waals surface area contributed by atoms with Crippen LogP contribution in [0, 0.1) is 0 Å². The Morgan fingerprint density at radius 3 is 2.40 bits per heavy atom. The van der Waals surface area contributed by atoms with Gasteiger partial charge in [0.2, 0.25) is 0 Å². The molecule has 0 saturated carbocycles. The maximum Gasteiger partial charge on any atom is 0.119 e. The van der Waals surface area contributed by atoms with Gasteiger partial charge in [0.1, 0.15) is 5.75 Å². The van der Waals surface area contributed by atoms with Crippen molar-refractivity contribution < 1.29 is 5.11 Å². The number of nitrogen functional groups attached to an aromatic ring is 2. The molecular weight excluding hydrogens is 152 g/mol. The second-order valence-electron chi connectivity index (χ2n) is 1.93. The van der Waals surface area contributed by atoms with Gasteiger partial charge in [-0.1, -0.05) is 11.6 Å². The van der Waals surface area contributed by atoms with Crippen LogP contribution in [0.1, 0.15) is 0 Å². The normalized spacial score (nSPS) is 9.70. The van der Waals surface area contributed by atoms with Crippen LogP contribution in [0.3, 0.4) is 0 Å². The second-order valence-corrected chi connectivity index (χ2v) is 2.34. The molecule has 0 aliphatic rings. The molecule has 0 saturated heterocycles. The zero-order valence-corrected chi connectivity index (χ0v) is 5.89. The Hall–Kier alpha value is -1.09. The van der Waals surface area contributed by atoms with Gasteiger partial charge in [-0.2, -0.15) is 0 Å². The summed E-state index contributed by atoms with van der Waals surface area (Å²) in [6.45, 7) is 0. The van der Waals surface area contributed by atoms with Gasteiger partial charge in [-0.25, -0.2) is 0 Å². The van der Waals surface area contributed by atoms with Crippen molar-refractivity contribution >= 4 is 23.0 Å². The number of hydrogen-bond donors (Lipinski definition) is 3. The molecule has 0 aliphatic carbocycles. The molecule has 1 aromatic rings. The van der Waals surface area contributed by atoms with Gasteiger partial charge in [0, 0.05) is 12.1 Å². The number of anilines is 2. The molecule has 0 spiro atoms. The number of nitrogens with two attached hydrogens (primary N) is 2. The van der Waals surface area contributed by atoms with Gasteiger partial charge in [0.25, 0.3) is 0 Å². The third kappa shape index (κ3) is 1.09. The van der Waals surface area contributed by atoms with Gasteiger partial charge in [-0.15, -0.1) is 0 Å². The summed E-state index contributed by atoms with van der Waals surface area (Å²) in [5.41, 5.74) is 11.3. The third-order valence-corrected chi connectivity index (χ3v) is 1.46. The second kappa shape index (κ2) is 2.27. The molecule has 3 nitrogen and oxygen atoms in total. The van der Waals surface area contributed by atoms with E-state index in [-0.39, 0.29) is 10.8 Å². The molecule has 0 bridgehead atoms. The average molecular weight is 159 g/mol. The summed E-state index contributed by atoms with van der Waals surface area (Å²) in [6.07, 6.45) is 0. The average Bonchev–Trinajstić information content (AvgIpc) is 1.82. The lowest BCUT2D eigenvalue weighted by molar-refractivity contribution is 0.476. The molecule has 0 unspecified atom stereocenters. The summed E-state index contributed by atoms with van der Waals surface area (Å²) in [4.78, 5) is 0. The van der Waals surface area contributed by atoms with E-state index >= 15 is 0 Å². The van der Waals surface area contributed by atoms with Crippen molar-refractivity contribution in [2.75, 3.05) is 11.5 Å². The molecule has 0 fully saturated rings. The van der Waals surface area contributed by atoms with Crippen LogP contribution in [-0.4, -0.2) is 5.11 Å². The maximum atomic E-state index is 8.90. The fourth-order valence-corrected chi connectivity index (χ4v) is 0.845. The SMILES string of the molecule is Nc1cc(O)cc(Cl)c1N. The predicted octanol–water partition coefficient (Wildman–Crippen LogP) is 1.21. The minimum absolute atomic E-state index is 0.0247. The molecule has 0 aliphatic heterocycles. The van der Waals surface area contributed by atoms with Crippen molar-refractivity contribution in [2.24, 2.45) is 0 Å². The van der Waals surface area contributed by atoms with E-state index in [0.717, 1.165) is 0 Å². The fraction of sp³-hybridized carbons (Fsp3) is 0. The van der Waals surface area contributed by atoms with Crippen LogP contribution in [0.2, 0.25) is 5.02 Å². The molecule has 5 N–H and O–H groups in total. The van der Waals surface area contributed by atoms with Gasteiger partial charge in [0.15, 0.2) is 0 Å². The van der Waals surface area contributed by atoms with Crippen molar-refractivity contribution in [2.45, 2.75) is 0 Å². The monoisotopic (exact) mass is 158 g/mol. The number of aromatic hydroxyl groups is 1. The Kier molecular flexibility index (Phi) is 1.59. The highest BCUT2D eigenvalue weighted by molar-refractivity contribution is 6.33. The molecule has 54 valence electrons. The van der Waals surface area contributed by atoms with Gasteiger partial charge < -0.3 is 16.6 Å². The largest absolute Gasteiger partial charge is 0.508 e. The lowest BCUT2D eigenvalue weighted by Gasteiger charge is -2.01. The summed E-state index contributed by atoms with van der Waals surface area (Å²) in [5.74, 6) is 0.0247. The minimum atomic E-state index is 0.0247. The molecule has 0 amide bonds. The van der Waals surface area contributed by atoms with Crippen LogP contribution in [-0.2, 0) is 0 Å². The molecule has 10 heavy (non-hydrogen) atoms. The summed E-state index contributed by atoms with van der Waals surface area (Å²) in [5, 5.41) is 9.17. The van der Waals surface area contributed by atoms with E-state index < -0.39 is 0 Å². The van der Waals surface area contributed by atoms with E-state index in [2.05, 4.69) is 0 Å². The van der Waals surface area contributed by atoms with Crippen LogP contribution in [0.5, 0.6) is 5.75 Å². The van der Waals surface area contributed by atoms with Gasteiger partial charge in [0.05, 0.1) is 16.4 Å². The van der Waals surface area contributed by atoms with Gasteiger partial charge in [-0.3, -0.25) is 0 Å². The maximum absolute atomic E-state index is 8.90. The summed E-state index contributed by atoms with van der Waals surface area (Å²) < 4.78 is 0. The first kappa shape index (κ1) is 7.02. The van der Waals surface area contributed by atoms with Crippen molar-refractivity contribution in [1.29, 1.82) is 0 Å². The lowest BCUT2D eigenvalue weighted by atomic mass is 10.2. The van der Waals surface area contributed by atoms with Crippen molar-refractivity contribution in [3.05, 3.63) is 17.2 Å². The molecule has 4 heteroatoms. The number of benzene rings is 1. The minimum Gasteiger partial charge on any atom is -0.508 e. The summed E-state index contributed by atoms with van der Waals surface area (Å²) in [6, 6.07) is 2.69. The van der Waals surface area contributed by atoms with Crippen LogP contribution >= 0.6 is 11.6 Å². The third-order valence-electron chi connectivity index (χ3n) is 1.15. The van der Waals surface area contributed by atoms with Crippen molar-refractivity contribution in [1.82, 2.24) is 0 Å². The topological polar surface area (TPSA) is 72.3 Å². The first-order valence-corrected chi connectivity index (χ1v) is 3.02. The predicted molar refractivity (Wildman–Crippen MR) is 41.9 cm³/mol. The van der Waals surface area contributed by atoms with Gasteiger partial charge >= 0.3 is 0 Å². The Morgan fingerprint density at radius 2 is 1.90 bits per heavy atom. The molecule has 0 radical (unpaired) electrons. The van der Waals surface area contributed by atoms with Crippen LogP contribution in [0.15, 0.2) is 12.1 Å². The Balaban J connectivity index is 3.31. The zero-order chi connectivity index (χ0) is 7.72. The molecule has 0 aromatic heterocycles.